The van der Waals surface area contributed by atoms with Gasteiger partial charge in [-0.1, -0.05) is 79.5 Å². The van der Waals surface area contributed by atoms with Crippen molar-refractivity contribution in [1.82, 2.24) is 0 Å². The number of aryl methyl sites for hydroxylation is 2. The second kappa shape index (κ2) is 7.89. The van der Waals surface area contributed by atoms with Crippen LogP contribution < -0.4 is 10.4 Å². The van der Waals surface area contributed by atoms with E-state index < -0.39 is 0 Å². The van der Waals surface area contributed by atoms with E-state index in [9.17, 15) is 0 Å². The maximum atomic E-state index is 2.42. The van der Waals surface area contributed by atoms with Crippen molar-refractivity contribution in [3.05, 3.63) is 68.6 Å². The highest BCUT2D eigenvalue weighted by Gasteiger charge is 2.20. The van der Waals surface area contributed by atoms with Crippen LogP contribution in [0.1, 0.15) is 70.7 Å². The van der Waals surface area contributed by atoms with Crippen LogP contribution in [0.4, 0.5) is 0 Å². The predicted molar refractivity (Wildman–Crippen MR) is 123 cm³/mol. The van der Waals surface area contributed by atoms with E-state index >= 15 is 0 Å². The zero-order chi connectivity index (χ0) is 20.5. The van der Waals surface area contributed by atoms with Crippen molar-refractivity contribution in [3.63, 3.8) is 0 Å². The summed E-state index contributed by atoms with van der Waals surface area (Å²) in [4.78, 5) is 0. The molecule has 0 nitrogen and oxygen atoms in total. The predicted octanol–water partition coefficient (Wildman–Crippen LogP) is 6.51. The summed E-state index contributed by atoms with van der Waals surface area (Å²) >= 11 is 0. The van der Waals surface area contributed by atoms with Crippen LogP contribution in [-0.4, -0.2) is 0 Å². The molecule has 0 aliphatic rings. The summed E-state index contributed by atoms with van der Waals surface area (Å²) < 4.78 is 0. The molecule has 0 spiro atoms. The maximum absolute atomic E-state index is 2.42. The van der Waals surface area contributed by atoms with Crippen LogP contribution >= 0.6 is 0 Å². The molecule has 0 atom stereocenters. The zero-order valence-corrected chi connectivity index (χ0v) is 19.0. The third-order valence-corrected chi connectivity index (χ3v) is 5.31. The number of allylic oxidation sites excluding steroid dienone is 2. The summed E-state index contributed by atoms with van der Waals surface area (Å²) in [6, 6.07) is 9.34. The quantitative estimate of drug-likeness (QED) is 0.572. The first-order chi connectivity index (χ1) is 12.5. The van der Waals surface area contributed by atoms with E-state index in [4.69, 9.17) is 0 Å². The molecule has 2 rings (SSSR count). The van der Waals surface area contributed by atoms with E-state index in [0.717, 1.165) is 0 Å². The fourth-order valence-corrected chi connectivity index (χ4v) is 3.95. The van der Waals surface area contributed by atoms with Gasteiger partial charge in [-0.25, -0.2) is 0 Å². The monoisotopic (exact) mass is 360 g/mol. The van der Waals surface area contributed by atoms with Gasteiger partial charge in [0.2, 0.25) is 0 Å². The van der Waals surface area contributed by atoms with Crippen molar-refractivity contribution in [1.29, 1.82) is 0 Å². The number of hydrogen-bond donors (Lipinski definition) is 0. The Balaban J connectivity index is 3.19. The largest absolute Gasteiger partial charge is 0.0847 e. The molecule has 0 saturated heterocycles. The van der Waals surface area contributed by atoms with Gasteiger partial charge in [-0.3, -0.25) is 0 Å². The van der Waals surface area contributed by atoms with Gasteiger partial charge in [-0.05, 0) is 86.6 Å². The van der Waals surface area contributed by atoms with Gasteiger partial charge in [0, 0.05) is 0 Å². The Bertz CT molecular complexity index is 981. The molecule has 0 unspecified atom stereocenters. The molecule has 27 heavy (non-hydrogen) atoms. The highest BCUT2D eigenvalue weighted by atomic mass is 14.2. The van der Waals surface area contributed by atoms with Gasteiger partial charge in [-0.2, -0.15) is 0 Å². The molecular formula is C27H36. The summed E-state index contributed by atoms with van der Waals surface area (Å²) in [7, 11) is 0. The normalized spacial score (nSPS) is 13.3. The van der Waals surface area contributed by atoms with Crippen molar-refractivity contribution in [2.24, 2.45) is 0 Å². The lowest BCUT2D eigenvalue weighted by atomic mass is 9.79. The lowest BCUT2D eigenvalue weighted by molar-refractivity contribution is 0.585. The van der Waals surface area contributed by atoms with Crippen LogP contribution in [0.2, 0.25) is 0 Å². The van der Waals surface area contributed by atoms with Crippen LogP contribution in [0, 0.1) is 20.8 Å². The average Bonchev–Trinajstić information content (AvgIpc) is 2.52. The minimum Gasteiger partial charge on any atom is -0.0847 e. The molecule has 0 aliphatic carbocycles. The second-order valence-corrected chi connectivity index (χ2v) is 9.19. The first-order valence-electron chi connectivity index (χ1n) is 10.0. The number of rotatable bonds is 2. The number of benzene rings is 2. The van der Waals surface area contributed by atoms with E-state index in [1.54, 1.807) is 0 Å². The third kappa shape index (κ3) is 4.61. The van der Waals surface area contributed by atoms with Gasteiger partial charge in [0.25, 0.3) is 0 Å². The molecular weight excluding hydrogens is 324 g/mol. The van der Waals surface area contributed by atoms with Crippen molar-refractivity contribution in [3.8, 4) is 11.1 Å². The Hall–Kier alpha value is -2.08. The molecule has 2 aromatic carbocycles. The van der Waals surface area contributed by atoms with Crippen molar-refractivity contribution in [2.45, 2.75) is 74.7 Å². The Labute approximate surface area is 166 Å². The molecule has 0 radical (unpaired) electrons. The molecule has 144 valence electrons. The van der Waals surface area contributed by atoms with Gasteiger partial charge in [0.15, 0.2) is 0 Å². The lowest BCUT2D eigenvalue weighted by Crippen LogP contribution is -2.33. The minimum atomic E-state index is 0.107. The molecule has 2 aromatic rings. The Morgan fingerprint density at radius 3 is 1.85 bits per heavy atom. The molecule has 0 N–H and O–H groups in total. The third-order valence-electron chi connectivity index (χ3n) is 5.31. The van der Waals surface area contributed by atoms with Gasteiger partial charge in [0.1, 0.15) is 0 Å². The van der Waals surface area contributed by atoms with Gasteiger partial charge in [0.05, 0.1) is 0 Å². The van der Waals surface area contributed by atoms with E-state index in [1.165, 1.54) is 55.0 Å². The topological polar surface area (TPSA) is 0 Å². The maximum Gasteiger partial charge on any atom is -0.00729 e. The highest BCUT2D eigenvalue weighted by molar-refractivity contribution is 5.74. The van der Waals surface area contributed by atoms with Gasteiger partial charge < -0.3 is 0 Å². The fourth-order valence-electron chi connectivity index (χ4n) is 3.95. The van der Waals surface area contributed by atoms with E-state index in [-0.39, 0.29) is 5.41 Å². The van der Waals surface area contributed by atoms with Crippen molar-refractivity contribution >= 4 is 11.6 Å². The van der Waals surface area contributed by atoms with Crippen LogP contribution in [0.5, 0.6) is 0 Å². The summed E-state index contributed by atoms with van der Waals surface area (Å²) in [5.74, 6) is 0. The van der Waals surface area contributed by atoms with Crippen LogP contribution in [0.3, 0.4) is 0 Å². The summed E-state index contributed by atoms with van der Waals surface area (Å²) in [6.07, 6.45) is 4.54. The van der Waals surface area contributed by atoms with E-state index in [1.807, 2.05) is 0 Å². The molecule has 0 amide bonds. The molecule has 0 fully saturated rings. The standard InChI is InChI=1S/C27H36/c1-11-18(4)15-24-23(17(2)3)16-25(27(8,9)10)21(7)26(24)22-13-19(5)12-20(6)14-22/h11-16H,1-10H3/b18-11+,24-15+. The lowest BCUT2D eigenvalue weighted by Gasteiger charge is -2.25. The minimum absolute atomic E-state index is 0.107. The average molecular weight is 361 g/mol. The summed E-state index contributed by atoms with van der Waals surface area (Å²) in [5.41, 5.74) is 10.9. The SMILES string of the molecule is C/C=C(C)/C=c1/c(-c2cc(C)cc(C)c2)c(C)c(C(C)(C)C)cc1=C(C)C. The fraction of sp³-hybridized carbons (Fsp3) is 0.407. The molecule has 0 saturated carbocycles. The number of hydrogen-bond acceptors (Lipinski definition) is 0. The smallest absolute Gasteiger partial charge is 0.00729 e. The zero-order valence-electron chi connectivity index (χ0n) is 19.0. The second-order valence-electron chi connectivity index (χ2n) is 9.19. The molecule has 0 aromatic heterocycles. The first-order valence-corrected chi connectivity index (χ1v) is 10.0. The van der Waals surface area contributed by atoms with Gasteiger partial charge in [-0.15, -0.1) is 0 Å². The van der Waals surface area contributed by atoms with Gasteiger partial charge >= 0.3 is 0 Å². The summed E-state index contributed by atoms with van der Waals surface area (Å²) in [5, 5.41) is 2.71. The van der Waals surface area contributed by atoms with Crippen molar-refractivity contribution < 1.29 is 0 Å². The molecule has 0 heterocycles. The molecule has 0 bridgehead atoms. The highest BCUT2D eigenvalue weighted by Crippen LogP contribution is 2.30. The van der Waals surface area contributed by atoms with Crippen molar-refractivity contribution in [2.75, 3.05) is 0 Å². The Kier molecular flexibility index (Phi) is 6.20. The van der Waals surface area contributed by atoms with Crippen LogP contribution in [0.15, 0.2) is 35.9 Å². The van der Waals surface area contributed by atoms with E-state index in [0.29, 0.717) is 0 Å². The van der Waals surface area contributed by atoms with Crippen LogP contribution in [0.25, 0.3) is 22.8 Å². The first kappa shape index (κ1) is 21.2. The summed E-state index contributed by atoms with van der Waals surface area (Å²) in [6.45, 7) is 22.4. The molecule has 0 heteroatoms. The van der Waals surface area contributed by atoms with E-state index in [2.05, 4.69) is 106 Å². The Morgan fingerprint density at radius 1 is 0.852 bits per heavy atom. The molecule has 0 aliphatic heterocycles. The Morgan fingerprint density at radius 2 is 1.41 bits per heavy atom. The van der Waals surface area contributed by atoms with Crippen LogP contribution in [-0.2, 0) is 5.41 Å².